The summed E-state index contributed by atoms with van der Waals surface area (Å²) < 4.78 is 6.58. The van der Waals surface area contributed by atoms with Crippen LogP contribution in [0, 0.1) is 0 Å². The number of hydrogen-bond acceptors (Lipinski definition) is 4. The minimum atomic E-state index is -0.217. The van der Waals surface area contributed by atoms with Gasteiger partial charge in [-0.1, -0.05) is 25.1 Å². The molecule has 0 N–H and O–H groups in total. The third-order valence-electron chi connectivity index (χ3n) is 3.17. The average Bonchev–Trinajstić information content (AvgIpc) is 2.97. The van der Waals surface area contributed by atoms with Gasteiger partial charge in [0.1, 0.15) is 0 Å². The van der Waals surface area contributed by atoms with Crippen LogP contribution in [-0.2, 0) is 16.1 Å². The lowest BCUT2D eigenvalue weighted by atomic mass is 10.3. The molecule has 5 heteroatoms. The smallest absolute Gasteiger partial charge is 0.319 e. The molecule has 0 saturated carbocycles. The molecule has 21 heavy (non-hydrogen) atoms. The van der Waals surface area contributed by atoms with Gasteiger partial charge in [0.05, 0.1) is 25.0 Å². The van der Waals surface area contributed by atoms with Gasteiger partial charge in [-0.15, -0.1) is 0 Å². The average molecular weight is 287 g/mol. The molecule has 1 aromatic heterocycles. The zero-order valence-electron chi connectivity index (χ0n) is 12.5. The number of hydrogen-bond donors (Lipinski definition) is 0. The molecule has 1 aromatic carbocycles. The fourth-order valence-electron chi connectivity index (χ4n) is 2.18. The molecule has 2 aromatic rings. The molecule has 0 saturated heterocycles. The predicted octanol–water partition coefficient (Wildman–Crippen LogP) is 2.26. The van der Waals surface area contributed by atoms with Gasteiger partial charge >= 0.3 is 5.97 Å². The van der Waals surface area contributed by atoms with Crippen molar-refractivity contribution in [3.8, 4) is 5.69 Å². The number of ether oxygens (including phenoxy) is 1. The van der Waals surface area contributed by atoms with Crippen molar-refractivity contribution in [2.45, 2.75) is 19.9 Å². The molecule has 0 aliphatic heterocycles. The maximum Gasteiger partial charge on any atom is 0.319 e. The second-order valence-electron chi connectivity index (χ2n) is 4.87. The third-order valence-corrected chi connectivity index (χ3v) is 3.17. The summed E-state index contributed by atoms with van der Waals surface area (Å²) in [4.78, 5) is 13.5. The number of rotatable bonds is 7. The van der Waals surface area contributed by atoms with Gasteiger partial charge in [-0.05, 0) is 31.2 Å². The first-order valence-electron chi connectivity index (χ1n) is 7.12. The van der Waals surface area contributed by atoms with Gasteiger partial charge in [0.2, 0.25) is 0 Å². The van der Waals surface area contributed by atoms with Crippen LogP contribution in [-0.4, -0.2) is 40.8 Å². The van der Waals surface area contributed by atoms with Crippen molar-refractivity contribution in [1.29, 1.82) is 0 Å². The molecule has 5 nitrogen and oxygen atoms in total. The van der Waals surface area contributed by atoms with E-state index in [2.05, 4.69) is 12.0 Å². The Hall–Kier alpha value is -2.14. The summed E-state index contributed by atoms with van der Waals surface area (Å²) in [6, 6.07) is 11.9. The Balaban J connectivity index is 2.04. The van der Waals surface area contributed by atoms with Crippen molar-refractivity contribution in [2.75, 3.05) is 20.2 Å². The van der Waals surface area contributed by atoms with Crippen molar-refractivity contribution in [3.63, 3.8) is 0 Å². The number of esters is 1. The van der Waals surface area contributed by atoms with E-state index >= 15 is 0 Å². The van der Waals surface area contributed by atoms with E-state index in [1.54, 1.807) is 0 Å². The molecule has 0 aliphatic carbocycles. The summed E-state index contributed by atoms with van der Waals surface area (Å²) in [7, 11) is 1.41. The normalized spacial score (nSPS) is 10.8. The van der Waals surface area contributed by atoms with Crippen molar-refractivity contribution in [1.82, 2.24) is 14.7 Å². The highest BCUT2D eigenvalue weighted by Crippen LogP contribution is 2.09. The van der Waals surface area contributed by atoms with Crippen LogP contribution in [0.2, 0.25) is 0 Å². The first-order valence-corrected chi connectivity index (χ1v) is 7.12. The maximum atomic E-state index is 11.4. The zero-order valence-corrected chi connectivity index (χ0v) is 12.5. The molecule has 112 valence electrons. The van der Waals surface area contributed by atoms with Gasteiger partial charge in [0.15, 0.2) is 0 Å². The molecule has 0 spiro atoms. The highest BCUT2D eigenvalue weighted by Gasteiger charge is 2.12. The van der Waals surface area contributed by atoms with Gasteiger partial charge in [0.25, 0.3) is 0 Å². The Kier molecular flexibility index (Phi) is 5.51. The van der Waals surface area contributed by atoms with Crippen molar-refractivity contribution in [2.24, 2.45) is 0 Å². The molecular formula is C16H21N3O2. The summed E-state index contributed by atoms with van der Waals surface area (Å²) in [5.74, 6) is -0.217. The molecule has 0 bridgehead atoms. The van der Waals surface area contributed by atoms with Gasteiger partial charge in [-0.3, -0.25) is 9.69 Å². The molecular weight excluding hydrogens is 266 g/mol. The van der Waals surface area contributed by atoms with Gasteiger partial charge < -0.3 is 4.74 Å². The Morgan fingerprint density at radius 2 is 2.05 bits per heavy atom. The summed E-state index contributed by atoms with van der Waals surface area (Å²) >= 11 is 0. The molecule has 0 fully saturated rings. The van der Waals surface area contributed by atoms with Crippen LogP contribution in [0.3, 0.4) is 0 Å². The minimum Gasteiger partial charge on any atom is -0.468 e. The second-order valence-corrected chi connectivity index (χ2v) is 4.87. The Labute approximate surface area is 125 Å². The molecule has 0 atom stereocenters. The second kappa shape index (κ2) is 7.59. The number of methoxy groups -OCH3 is 1. The number of aromatic nitrogens is 2. The van der Waals surface area contributed by atoms with Crippen molar-refractivity contribution in [3.05, 3.63) is 48.3 Å². The third kappa shape index (κ3) is 4.43. The Bertz CT molecular complexity index is 566. The fourth-order valence-corrected chi connectivity index (χ4v) is 2.18. The molecule has 0 aliphatic rings. The number of benzene rings is 1. The monoisotopic (exact) mass is 287 g/mol. The summed E-state index contributed by atoms with van der Waals surface area (Å²) in [5, 5.41) is 4.56. The quantitative estimate of drug-likeness (QED) is 0.733. The number of para-hydroxylation sites is 1. The Morgan fingerprint density at radius 1 is 1.29 bits per heavy atom. The van der Waals surface area contributed by atoms with E-state index in [0.717, 1.165) is 24.3 Å². The lowest BCUT2D eigenvalue weighted by Gasteiger charge is -2.18. The van der Waals surface area contributed by atoms with E-state index in [1.807, 2.05) is 52.2 Å². The maximum absolute atomic E-state index is 11.4. The lowest BCUT2D eigenvalue weighted by Crippen LogP contribution is -2.31. The first kappa shape index (κ1) is 15.3. The topological polar surface area (TPSA) is 47.4 Å². The van der Waals surface area contributed by atoms with Crippen LogP contribution in [0.4, 0.5) is 0 Å². The summed E-state index contributed by atoms with van der Waals surface area (Å²) in [6.07, 6.45) is 2.92. The lowest BCUT2D eigenvalue weighted by molar-refractivity contribution is -0.142. The zero-order chi connectivity index (χ0) is 15.1. The van der Waals surface area contributed by atoms with E-state index in [4.69, 9.17) is 4.74 Å². The molecule has 0 radical (unpaired) electrons. The van der Waals surface area contributed by atoms with Crippen LogP contribution in [0.25, 0.3) is 5.69 Å². The summed E-state index contributed by atoms with van der Waals surface area (Å²) in [6.45, 7) is 3.87. The highest BCUT2D eigenvalue weighted by molar-refractivity contribution is 5.71. The summed E-state index contributed by atoms with van der Waals surface area (Å²) in [5.41, 5.74) is 1.97. The molecule has 1 heterocycles. The van der Waals surface area contributed by atoms with E-state index in [-0.39, 0.29) is 5.97 Å². The van der Waals surface area contributed by atoms with E-state index in [1.165, 1.54) is 7.11 Å². The number of nitrogens with zero attached hydrogens (tertiary/aromatic N) is 3. The van der Waals surface area contributed by atoms with Gasteiger partial charge in [-0.25, -0.2) is 4.68 Å². The highest BCUT2D eigenvalue weighted by atomic mass is 16.5. The predicted molar refractivity (Wildman–Crippen MR) is 81.1 cm³/mol. The molecule has 0 amide bonds. The van der Waals surface area contributed by atoms with E-state index in [0.29, 0.717) is 13.1 Å². The minimum absolute atomic E-state index is 0.217. The van der Waals surface area contributed by atoms with E-state index in [9.17, 15) is 4.79 Å². The van der Waals surface area contributed by atoms with Crippen LogP contribution in [0.1, 0.15) is 19.0 Å². The molecule has 0 unspecified atom stereocenters. The Morgan fingerprint density at radius 3 is 2.71 bits per heavy atom. The fraction of sp³-hybridized carbons (Fsp3) is 0.375. The first-order chi connectivity index (χ1) is 10.2. The van der Waals surface area contributed by atoms with Crippen molar-refractivity contribution < 1.29 is 9.53 Å². The van der Waals surface area contributed by atoms with Crippen molar-refractivity contribution >= 4 is 5.97 Å². The van der Waals surface area contributed by atoms with E-state index < -0.39 is 0 Å². The standard InChI is InChI=1S/C16H21N3O2/c1-3-10-18(13-16(20)21-2)12-14-9-11-19(17-14)15-7-5-4-6-8-15/h4-9,11H,3,10,12-13H2,1-2H3. The van der Waals surface area contributed by atoms with Crippen LogP contribution in [0.15, 0.2) is 42.6 Å². The van der Waals surface area contributed by atoms with Gasteiger partial charge in [-0.2, -0.15) is 5.10 Å². The van der Waals surface area contributed by atoms with Crippen LogP contribution in [0.5, 0.6) is 0 Å². The van der Waals surface area contributed by atoms with Crippen LogP contribution < -0.4 is 0 Å². The molecule has 2 rings (SSSR count). The number of carbonyl (C=O) groups excluding carboxylic acids is 1. The van der Waals surface area contributed by atoms with Gasteiger partial charge in [0, 0.05) is 12.7 Å². The SMILES string of the molecule is CCCN(CC(=O)OC)Cc1ccn(-c2ccccc2)n1. The van der Waals surface area contributed by atoms with Crippen LogP contribution >= 0.6 is 0 Å². The largest absolute Gasteiger partial charge is 0.468 e. The number of carbonyl (C=O) groups is 1.